The molecule has 0 radical (unpaired) electrons. The van der Waals surface area contributed by atoms with Gasteiger partial charge in [-0.3, -0.25) is 4.79 Å². The topological polar surface area (TPSA) is 79.8 Å². The number of carbonyl (C=O) groups is 1. The molecule has 182 valence electrons. The second-order valence-corrected chi connectivity index (χ2v) is 9.00. The lowest BCUT2D eigenvalue weighted by atomic mass is 9.96. The summed E-state index contributed by atoms with van der Waals surface area (Å²) >= 11 is 0. The smallest absolute Gasteiger partial charge is 0.263 e. The Bertz CT molecular complexity index is 1140. The molecule has 3 aromatic rings. The molecule has 0 bridgehead atoms. The first-order valence-electron chi connectivity index (χ1n) is 12.2. The summed E-state index contributed by atoms with van der Waals surface area (Å²) < 4.78 is 11.5. The molecule has 2 aliphatic rings. The number of rotatable bonds is 6. The number of hydrogen-bond donors (Lipinski definition) is 1. The number of carbonyl (C=O) groups excluding carboxylic acids is 1. The molecule has 0 saturated carbocycles. The van der Waals surface area contributed by atoms with Gasteiger partial charge in [-0.25, -0.2) is 9.97 Å². The van der Waals surface area contributed by atoms with Crippen LogP contribution in [0.2, 0.25) is 0 Å². The fourth-order valence-corrected chi connectivity index (χ4v) is 4.57. The van der Waals surface area contributed by atoms with Gasteiger partial charge in [0.2, 0.25) is 5.91 Å². The van der Waals surface area contributed by atoms with Crippen LogP contribution in [0, 0.1) is 12.8 Å². The van der Waals surface area contributed by atoms with Crippen LogP contribution in [0.25, 0.3) is 0 Å². The predicted molar refractivity (Wildman–Crippen MR) is 136 cm³/mol. The van der Waals surface area contributed by atoms with Crippen molar-refractivity contribution in [1.29, 1.82) is 0 Å². The molecule has 2 fully saturated rings. The molecule has 2 aromatic carbocycles. The lowest BCUT2D eigenvalue weighted by Crippen LogP contribution is -2.38. The summed E-state index contributed by atoms with van der Waals surface area (Å²) in [5.41, 5.74) is 3.11. The Labute approximate surface area is 205 Å². The van der Waals surface area contributed by atoms with Crippen molar-refractivity contribution in [3.8, 4) is 11.6 Å². The molecule has 3 heterocycles. The van der Waals surface area contributed by atoms with Gasteiger partial charge in [0.05, 0.1) is 13.2 Å². The summed E-state index contributed by atoms with van der Waals surface area (Å²) in [5.74, 6) is 1.97. The minimum absolute atomic E-state index is 0.0389. The highest BCUT2D eigenvalue weighted by Gasteiger charge is 2.27. The average molecular weight is 474 g/mol. The Morgan fingerprint density at radius 2 is 1.71 bits per heavy atom. The van der Waals surface area contributed by atoms with Crippen molar-refractivity contribution >= 4 is 23.1 Å². The molecule has 5 rings (SSSR count). The van der Waals surface area contributed by atoms with Crippen molar-refractivity contribution in [3.63, 3.8) is 0 Å². The lowest BCUT2D eigenvalue weighted by Gasteiger charge is -2.32. The number of aromatic nitrogens is 2. The SMILES string of the molecule is Cc1cccc(Oc2nccnc2N2CCC(C(=O)Nc3ccc(N4CCOCC4)cc3)CC2)c1. The maximum atomic E-state index is 12.9. The van der Waals surface area contributed by atoms with Gasteiger partial charge in [0.1, 0.15) is 5.75 Å². The van der Waals surface area contributed by atoms with E-state index in [-0.39, 0.29) is 11.8 Å². The van der Waals surface area contributed by atoms with E-state index in [0.717, 1.165) is 74.9 Å². The van der Waals surface area contributed by atoms with Crippen molar-refractivity contribution in [3.05, 3.63) is 66.5 Å². The highest BCUT2D eigenvalue weighted by Crippen LogP contribution is 2.31. The van der Waals surface area contributed by atoms with Gasteiger partial charge < -0.3 is 24.6 Å². The standard InChI is InChI=1S/C27H31N5O3/c1-20-3-2-4-24(19-20)35-27-25(28-11-12-29-27)32-13-9-21(10-14-32)26(33)30-22-5-7-23(8-6-22)31-15-17-34-18-16-31/h2-8,11-12,19,21H,9-10,13-18H2,1H3,(H,30,33). The van der Waals surface area contributed by atoms with Crippen molar-refractivity contribution in [1.82, 2.24) is 9.97 Å². The quantitative estimate of drug-likeness (QED) is 0.573. The number of aryl methyl sites for hydroxylation is 1. The molecular formula is C27H31N5O3. The maximum Gasteiger partial charge on any atom is 0.263 e. The van der Waals surface area contributed by atoms with E-state index >= 15 is 0 Å². The van der Waals surface area contributed by atoms with Gasteiger partial charge in [-0.15, -0.1) is 0 Å². The second-order valence-electron chi connectivity index (χ2n) is 9.00. The zero-order chi connectivity index (χ0) is 24.0. The summed E-state index contributed by atoms with van der Waals surface area (Å²) in [6, 6.07) is 16.0. The van der Waals surface area contributed by atoms with Crippen molar-refractivity contribution in [2.24, 2.45) is 5.92 Å². The van der Waals surface area contributed by atoms with Gasteiger partial charge in [0, 0.05) is 55.9 Å². The van der Waals surface area contributed by atoms with E-state index in [9.17, 15) is 4.79 Å². The molecular weight excluding hydrogens is 442 g/mol. The van der Waals surface area contributed by atoms with Crippen LogP contribution >= 0.6 is 0 Å². The first-order valence-corrected chi connectivity index (χ1v) is 12.2. The zero-order valence-electron chi connectivity index (χ0n) is 20.0. The number of amides is 1. The van der Waals surface area contributed by atoms with Crippen LogP contribution in [0.15, 0.2) is 60.9 Å². The third-order valence-corrected chi connectivity index (χ3v) is 6.53. The van der Waals surface area contributed by atoms with Crippen LogP contribution in [-0.2, 0) is 9.53 Å². The Morgan fingerprint density at radius 1 is 0.971 bits per heavy atom. The number of morpholine rings is 1. The average Bonchev–Trinajstić information content (AvgIpc) is 2.90. The summed E-state index contributed by atoms with van der Waals surface area (Å²) in [7, 11) is 0. The second kappa shape index (κ2) is 10.7. The van der Waals surface area contributed by atoms with Crippen molar-refractivity contribution < 1.29 is 14.3 Å². The van der Waals surface area contributed by atoms with Crippen LogP contribution in [0.3, 0.4) is 0 Å². The Morgan fingerprint density at radius 3 is 2.46 bits per heavy atom. The largest absolute Gasteiger partial charge is 0.436 e. The van der Waals surface area contributed by atoms with E-state index in [1.807, 2.05) is 43.3 Å². The van der Waals surface area contributed by atoms with Gasteiger partial charge in [-0.2, -0.15) is 0 Å². The van der Waals surface area contributed by atoms with Gasteiger partial charge in [0.15, 0.2) is 5.82 Å². The fourth-order valence-electron chi connectivity index (χ4n) is 4.57. The Kier molecular flexibility index (Phi) is 7.09. The summed E-state index contributed by atoms with van der Waals surface area (Å²) in [6.45, 7) is 6.77. The molecule has 0 unspecified atom stereocenters. The lowest BCUT2D eigenvalue weighted by molar-refractivity contribution is -0.120. The Balaban J connectivity index is 1.17. The van der Waals surface area contributed by atoms with E-state index in [0.29, 0.717) is 11.7 Å². The first kappa shape index (κ1) is 23.1. The first-order chi connectivity index (χ1) is 17.2. The van der Waals surface area contributed by atoms with E-state index in [1.54, 1.807) is 12.4 Å². The molecule has 2 saturated heterocycles. The van der Waals surface area contributed by atoms with Crippen molar-refractivity contribution in [2.45, 2.75) is 19.8 Å². The van der Waals surface area contributed by atoms with Crippen LogP contribution in [-0.4, -0.2) is 55.3 Å². The number of nitrogens with one attached hydrogen (secondary N) is 1. The minimum Gasteiger partial charge on any atom is -0.436 e. The fraction of sp³-hybridized carbons (Fsp3) is 0.370. The van der Waals surface area contributed by atoms with E-state index in [1.165, 1.54) is 0 Å². The van der Waals surface area contributed by atoms with E-state index < -0.39 is 0 Å². The van der Waals surface area contributed by atoms with Crippen molar-refractivity contribution in [2.75, 3.05) is 54.5 Å². The highest BCUT2D eigenvalue weighted by atomic mass is 16.5. The number of anilines is 3. The molecule has 8 heteroatoms. The molecule has 35 heavy (non-hydrogen) atoms. The third kappa shape index (κ3) is 5.71. The molecule has 1 N–H and O–H groups in total. The molecule has 0 aliphatic carbocycles. The maximum absolute atomic E-state index is 12.9. The number of piperidine rings is 1. The summed E-state index contributed by atoms with van der Waals surface area (Å²) in [4.78, 5) is 26.3. The number of hydrogen-bond acceptors (Lipinski definition) is 7. The molecule has 0 atom stereocenters. The van der Waals surface area contributed by atoms with Gasteiger partial charge in [-0.05, 0) is 61.7 Å². The van der Waals surface area contributed by atoms with Gasteiger partial charge in [0.25, 0.3) is 5.88 Å². The van der Waals surface area contributed by atoms with E-state index in [4.69, 9.17) is 9.47 Å². The zero-order valence-corrected chi connectivity index (χ0v) is 20.0. The number of benzene rings is 2. The molecule has 8 nitrogen and oxygen atoms in total. The number of nitrogens with zero attached hydrogens (tertiary/aromatic N) is 4. The van der Waals surface area contributed by atoms with Gasteiger partial charge in [-0.1, -0.05) is 12.1 Å². The highest BCUT2D eigenvalue weighted by molar-refractivity contribution is 5.92. The predicted octanol–water partition coefficient (Wildman–Crippen LogP) is 4.27. The van der Waals surface area contributed by atoms with Crippen LogP contribution < -0.4 is 19.9 Å². The molecule has 2 aliphatic heterocycles. The van der Waals surface area contributed by atoms with Crippen LogP contribution in [0.5, 0.6) is 11.6 Å². The molecule has 1 aromatic heterocycles. The summed E-state index contributed by atoms with van der Waals surface area (Å²) in [6.07, 6.45) is 4.81. The normalized spacial score (nSPS) is 16.7. The molecule has 0 spiro atoms. The Hall–Kier alpha value is -3.65. The van der Waals surface area contributed by atoms with Gasteiger partial charge >= 0.3 is 0 Å². The molecule has 1 amide bonds. The summed E-state index contributed by atoms with van der Waals surface area (Å²) in [5, 5.41) is 3.09. The van der Waals surface area contributed by atoms with E-state index in [2.05, 4.69) is 37.2 Å². The monoisotopic (exact) mass is 473 g/mol. The minimum atomic E-state index is -0.0389. The van der Waals surface area contributed by atoms with Crippen LogP contribution in [0.1, 0.15) is 18.4 Å². The number of ether oxygens (including phenoxy) is 2. The van der Waals surface area contributed by atoms with Crippen LogP contribution in [0.4, 0.5) is 17.2 Å². The third-order valence-electron chi connectivity index (χ3n) is 6.53.